The molecule has 5 heteroatoms. The van der Waals surface area contributed by atoms with Gasteiger partial charge in [0, 0.05) is 17.1 Å². The van der Waals surface area contributed by atoms with Crippen LogP contribution >= 0.6 is 11.6 Å². The van der Waals surface area contributed by atoms with Gasteiger partial charge < -0.3 is 16.3 Å². The Morgan fingerprint density at radius 3 is 2.63 bits per heavy atom. The second-order valence-electron chi connectivity index (χ2n) is 4.60. The van der Waals surface area contributed by atoms with Crippen molar-refractivity contribution in [1.29, 1.82) is 0 Å². The maximum absolute atomic E-state index is 8.61. The minimum atomic E-state index is 0.0680. The number of oxime groups is 1. The Morgan fingerprint density at radius 2 is 2.11 bits per heavy atom. The summed E-state index contributed by atoms with van der Waals surface area (Å²) in [5, 5.41) is 15.6. The van der Waals surface area contributed by atoms with Crippen LogP contribution in [-0.4, -0.2) is 17.6 Å². The predicted octanol–water partition coefficient (Wildman–Crippen LogP) is 2.96. The SMILES string of the molecule is CCC(CC)CNCc1ccc(/C(N)=N/O)cc1Cl. The molecular formula is C14H22ClN3O. The molecule has 0 unspecified atom stereocenters. The summed E-state index contributed by atoms with van der Waals surface area (Å²) in [5.41, 5.74) is 7.15. The average Bonchev–Trinajstić information content (AvgIpc) is 2.44. The zero-order chi connectivity index (χ0) is 14.3. The van der Waals surface area contributed by atoms with Crippen LogP contribution in [0.5, 0.6) is 0 Å². The lowest BCUT2D eigenvalue weighted by Crippen LogP contribution is -2.22. The van der Waals surface area contributed by atoms with Crippen LogP contribution in [0.15, 0.2) is 23.4 Å². The molecule has 4 nitrogen and oxygen atoms in total. The molecule has 0 amide bonds. The summed E-state index contributed by atoms with van der Waals surface area (Å²) in [6, 6.07) is 5.41. The van der Waals surface area contributed by atoms with Crippen molar-refractivity contribution < 1.29 is 5.21 Å². The van der Waals surface area contributed by atoms with Gasteiger partial charge in [-0.2, -0.15) is 0 Å². The van der Waals surface area contributed by atoms with Crippen molar-refractivity contribution >= 4 is 17.4 Å². The molecule has 0 aliphatic rings. The Morgan fingerprint density at radius 1 is 1.42 bits per heavy atom. The van der Waals surface area contributed by atoms with Gasteiger partial charge in [-0.05, 0) is 24.1 Å². The molecule has 106 valence electrons. The van der Waals surface area contributed by atoms with Crippen LogP contribution < -0.4 is 11.1 Å². The lowest BCUT2D eigenvalue weighted by atomic mass is 10.0. The maximum Gasteiger partial charge on any atom is 0.170 e. The van der Waals surface area contributed by atoms with Gasteiger partial charge in [-0.15, -0.1) is 0 Å². The number of nitrogens with one attached hydrogen (secondary N) is 1. The van der Waals surface area contributed by atoms with Crippen molar-refractivity contribution in [3.63, 3.8) is 0 Å². The topological polar surface area (TPSA) is 70.6 Å². The van der Waals surface area contributed by atoms with Crippen molar-refractivity contribution in [3.8, 4) is 0 Å². The molecule has 0 saturated heterocycles. The summed E-state index contributed by atoms with van der Waals surface area (Å²) < 4.78 is 0. The fourth-order valence-corrected chi connectivity index (χ4v) is 2.14. The quantitative estimate of drug-likeness (QED) is 0.312. The Hall–Kier alpha value is -1.26. The highest BCUT2D eigenvalue weighted by molar-refractivity contribution is 6.31. The first-order valence-corrected chi connectivity index (χ1v) is 6.97. The maximum atomic E-state index is 8.61. The van der Waals surface area contributed by atoms with Gasteiger partial charge in [0.15, 0.2) is 5.84 Å². The summed E-state index contributed by atoms with van der Waals surface area (Å²) in [4.78, 5) is 0. The van der Waals surface area contributed by atoms with Gasteiger partial charge in [0.05, 0.1) is 0 Å². The highest BCUT2D eigenvalue weighted by Gasteiger charge is 2.06. The van der Waals surface area contributed by atoms with E-state index in [1.165, 1.54) is 12.8 Å². The first-order chi connectivity index (χ1) is 9.12. The van der Waals surface area contributed by atoms with Gasteiger partial charge in [0.2, 0.25) is 0 Å². The minimum Gasteiger partial charge on any atom is -0.409 e. The number of nitrogens with two attached hydrogens (primary N) is 1. The third-order valence-electron chi connectivity index (χ3n) is 3.36. The molecule has 1 aromatic carbocycles. The molecule has 0 spiro atoms. The highest BCUT2D eigenvalue weighted by Crippen LogP contribution is 2.18. The first-order valence-electron chi connectivity index (χ1n) is 6.59. The number of amidine groups is 1. The molecule has 0 saturated carbocycles. The van der Waals surface area contributed by atoms with Gasteiger partial charge in [-0.3, -0.25) is 0 Å². The second kappa shape index (κ2) is 8.02. The normalized spacial score (nSPS) is 12.1. The standard InChI is InChI=1S/C14H22ClN3O/c1-3-10(4-2)8-17-9-12-6-5-11(7-13(12)15)14(16)18-19/h5-7,10,17,19H,3-4,8-9H2,1-2H3,(H2,16,18). The second-order valence-corrected chi connectivity index (χ2v) is 5.01. The molecule has 0 radical (unpaired) electrons. The van der Waals surface area contributed by atoms with E-state index in [1.807, 2.05) is 6.07 Å². The van der Waals surface area contributed by atoms with E-state index in [9.17, 15) is 0 Å². The minimum absolute atomic E-state index is 0.0680. The number of benzene rings is 1. The largest absolute Gasteiger partial charge is 0.409 e. The summed E-state index contributed by atoms with van der Waals surface area (Å²) >= 11 is 6.18. The number of hydrogen-bond donors (Lipinski definition) is 3. The molecule has 0 bridgehead atoms. The smallest absolute Gasteiger partial charge is 0.170 e. The van der Waals surface area contributed by atoms with Crippen molar-refractivity contribution in [1.82, 2.24) is 5.32 Å². The average molecular weight is 284 g/mol. The van der Waals surface area contributed by atoms with E-state index < -0.39 is 0 Å². The number of nitrogens with zero attached hydrogens (tertiary/aromatic N) is 1. The molecule has 0 aromatic heterocycles. The van der Waals surface area contributed by atoms with Gasteiger partial charge >= 0.3 is 0 Å². The zero-order valence-electron chi connectivity index (χ0n) is 11.5. The Kier molecular flexibility index (Phi) is 6.67. The van der Waals surface area contributed by atoms with Crippen molar-refractivity contribution in [2.45, 2.75) is 33.2 Å². The fourth-order valence-electron chi connectivity index (χ4n) is 1.90. The van der Waals surface area contributed by atoms with Crippen molar-refractivity contribution in [2.75, 3.05) is 6.54 Å². The highest BCUT2D eigenvalue weighted by atomic mass is 35.5. The third kappa shape index (κ3) is 4.73. The van der Waals surface area contributed by atoms with Crippen LogP contribution in [0.3, 0.4) is 0 Å². The number of rotatable bonds is 7. The molecule has 0 aliphatic carbocycles. The van der Waals surface area contributed by atoms with Crippen molar-refractivity contribution in [2.24, 2.45) is 16.8 Å². The van der Waals surface area contributed by atoms with E-state index in [4.69, 9.17) is 22.5 Å². The van der Waals surface area contributed by atoms with Gasteiger partial charge in [0.25, 0.3) is 0 Å². The first kappa shape index (κ1) is 15.8. The van der Waals surface area contributed by atoms with Crippen LogP contribution in [0.1, 0.15) is 37.8 Å². The van der Waals surface area contributed by atoms with E-state index >= 15 is 0 Å². The molecule has 1 rings (SSSR count). The van der Waals surface area contributed by atoms with Gasteiger partial charge in [-0.1, -0.05) is 55.6 Å². The monoisotopic (exact) mass is 283 g/mol. The summed E-state index contributed by atoms with van der Waals surface area (Å²) in [7, 11) is 0. The number of hydrogen-bond acceptors (Lipinski definition) is 3. The van der Waals surface area contributed by atoms with Gasteiger partial charge in [-0.25, -0.2) is 0 Å². The predicted molar refractivity (Wildman–Crippen MR) is 79.7 cm³/mol. The van der Waals surface area contributed by atoms with Gasteiger partial charge in [0.1, 0.15) is 0 Å². The molecule has 0 heterocycles. The lowest BCUT2D eigenvalue weighted by molar-refractivity contribution is 0.318. The van der Waals surface area contributed by atoms with Crippen LogP contribution in [0.2, 0.25) is 5.02 Å². The molecule has 0 atom stereocenters. The Bertz CT molecular complexity index is 431. The van der Waals surface area contributed by atoms with Crippen LogP contribution in [0, 0.1) is 5.92 Å². The molecular weight excluding hydrogens is 262 g/mol. The molecule has 1 aromatic rings. The summed E-state index contributed by atoms with van der Waals surface area (Å²) in [5.74, 6) is 0.772. The molecule has 19 heavy (non-hydrogen) atoms. The Labute approximate surface area is 119 Å². The van der Waals surface area contributed by atoms with E-state index in [0.29, 0.717) is 16.5 Å². The molecule has 4 N–H and O–H groups in total. The summed E-state index contributed by atoms with van der Waals surface area (Å²) in [6.45, 7) is 6.13. The Balaban J connectivity index is 2.60. The van der Waals surface area contributed by atoms with Crippen LogP contribution in [-0.2, 0) is 6.54 Å². The van der Waals surface area contributed by atoms with Crippen LogP contribution in [0.25, 0.3) is 0 Å². The van der Waals surface area contributed by atoms with E-state index in [1.54, 1.807) is 12.1 Å². The summed E-state index contributed by atoms with van der Waals surface area (Å²) in [6.07, 6.45) is 2.36. The van der Waals surface area contributed by atoms with Crippen LogP contribution in [0.4, 0.5) is 0 Å². The fraction of sp³-hybridized carbons (Fsp3) is 0.500. The lowest BCUT2D eigenvalue weighted by Gasteiger charge is -2.14. The molecule has 0 aliphatic heterocycles. The van der Waals surface area contributed by atoms with E-state index in [2.05, 4.69) is 24.3 Å². The molecule has 0 fully saturated rings. The van der Waals surface area contributed by atoms with Crippen molar-refractivity contribution in [3.05, 3.63) is 34.3 Å². The van der Waals surface area contributed by atoms with E-state index in [-0.39, 0.29) is 5.84 Å². The third-order valence-corrected chi connectivity index (χ3v) is 3.71. The van der Waals surface area contributed by atoms with E-state index in [0.717, 1.165) is 18.7 Å². The zero-order valence-corrected chi connectivity index (χ0v) is 12.2. The number of halogens is 1.